The van der Waals surface area contributed by atoms with Crippen molar-refractivity contribution in [1.29, 1.82) is 0 Å². The second-order valence-electron chi connectivity index (χ2n) is 5.87. The van der Waals surface area contributed by atoms with Gasteiger partial charge in [-0.1, -0.05) is 12.8 Å². The summed E-state index contributed by atoms with van der Waals surface area (Å²) in [5, 5.41) is 24.2. The smallest absolute Gasteiger partial charge is 0.270 e. The Bertz CT molecular complexity index is 632. The van der Waals surface area contributed by atoms with Gasteiger partial charge >= 0.3 is 0 Å². The lowest BCUT2D eigenvalue weighted by molar-refractivity contribution is -0.384. The average molecular weight is 303 g/mol. The summed E-state index contributed by atoms with van der Waals surface area (Å²) < 4.78 is 0. The molecule has 0 radical (unpaired) electrons. The lowest BCUT2D eigenvalue weighted by Gasteiger charge is -2.04. The highest BCUT2D eigenvalue weighted by atomic mass is 16.6. The van der Waals surface area contributed by atoms with Gasteiger partial charge < -0.3 is 5.11 Å². The fourth-order valence-corrected chi connectivity index (χ4v) is 3.38. The van der Waals surface area contributed by atoms with Crippen LogP contribution in [0.1, 0.15) is 31.2 Å². The molecule has 116 valence electrons. The molecule has 0 aliphatic heterocycles. The molecule has 1 aromatic carbocycles. The van der Waals surface area contributed by atoms with Gasteiger partial charge in [-0.2, -0.15) is 5.10 Å². The summed E-state index contributed by atoms with van der Waals surface area (Å²) in [6.07, 6.45) is 5.83. The molecule has 1 unspecified atom stereocenters. The van der Waals surface area contributed by atoms with E-state index in [1.54, 1.807) is 0 Å². The Morgan fingerprint density at radius 3 is 2.68 bits per heavy atom. The van der Waals surface area contributed by atoms with Gasteiger partial charge in [-0.05, 0) is 30.7 Å². The number of hydrazone groups is 1. The number of carbonyl (C=O) groups excluding carboxylic acids is 1. The van der Waals surface area contributed by atoms with E-state index in [0.29, 0.717) is 11.8 Å². The SMILES string of the molecule is O=C(NN=Cc1cc([N+](=O)[O-])ccc1O)C1[C@H]2CCCC[C@@H]12. The van der Waals surface area contributed by atoms with Crippen LogP contribution in [0.2, 0.25) is 0 Å². The zero-order valence-electron chi connectivity index (χ0n) is 11.9. The number of nitrogens with zero attached hydrogens (tertiary/aromatic N) is 2. The molecule has 2 aliphatic rings. The highest BCUT2D eigenvalue weighted by Crippen LogP contribution is 2.55. The molecule has 3 rings (SSSR count). The van der Waals surface area contributed by atoms with Crippen molar-refractivity contribution in [2.75, 3.05) is 0 Å². The Balaban J connectivity index is 1.61. The maximum atomic E-state index is 12.0. The zero-order chi connectivity index (χ0) is 15.7. The third-order valence-electron chi connectivity index (χ3n) is 4.56. The number of nitrogens with one attached hydrogen (secondary N) is 1. The van der Waals surface area contributed by atoms with Gasteiger partial charge in [0.2, 0.25) is 5.91 Å². The van der Waals surface area contributed by atoms with Gasteiger partial charge in [0.15, 0.2) is 0 Å². The minimum atomic E-state index is -0.551. The van der Waals surface area contributed by atoms with E-state index >= 15 is 0 Å². The van der Waals surface area contributed by atoms with Crippen LogP contribution in [-0.2, 0) is 4.79 Å². The molecule has 2 aliphatic carbocycles. The molecule has 0 aromatic heterocycles. The summed E-state index contributed by atoms with van der Waals surface area (Å²) in [7, 11) is 0. The van der Waals surface area contributed by atoms with E-state index in [9.17, 15) is 20.0 Å². The van der Waals surface area contributed by atoms with E-state index < -0.39 is 4.92 Å². The van der Waals surface area contributed by atoms with Crippen molar-refractivity contribution in [3.63, 3.8) is 0 Å². The van der Waals surface area contributed by atoms with Crippen LogP contribution in [0, 0.1) is 27.9 Å². The van der Waals surface area contributed by atoms with Crippen molar-refractivity contribution in [3.8, 4) is 5.75 Å². The minimum absolute atomic E-state index is 0.0540. The molecule has 2 saturated carbocycles. The first-order valence-electron chi connectivity index (χ1n) is 7.38. The summed E-state index contributed by atoms with van der Waals surface area (Å²) >= 11 is 0. The van der Waals surface area contributed by atoms with Crippen molar-refractivity contribution in [2.45, 2.75) is 25.7 Å². The number of carbonyl (C=O) groups is 1. The molecule has 7 nitrogen and oxygen atoms in total. The number of phenolic OH excluding ortho intramolecular Hbond substituents is 1. The first-order valence-corrected chi connectivity index (χ1v) is 7.38. The quantitative estimate of drug-likeness (QED) is 0.505. The summed E-state index contributed by atoms with van der Waals surface area (Å²) in [5.74, 6) is 0.824. The second kappa shape index (κ2) is 5.75. The topological polar surface area (TPSA) is 105 Å². The molecular formula is C15H17N3O4. The highest BCUT2D eigenvalue weighted by molar-refractivity contribution is 5.87. The second-order valence-corrected chi connectivity index (χ2v) is 5.87. The molecule has 3 atom stereocenters. The largest absolute Gasteiger partial charge is 0.507 e. The van der Waals surface area contributed by atoms with Crippen molar-refractivity contribution >= 4 is 17.8 Å². The van der Waals surface area contributed by atoms with E-state index in [0.717, 1.165) is 12.8 Å². The first kappa shape index (κ1) is 14.5. The molecule has 0 spiro atoms. The van der Waals surface area contributed by atoms with Crippen LogP contribution < -0.4 is 5.43 Å². The summed E-state index contributed by atoms with van der Waals surface area (Å²) in [6, 6.07) is 3.65. The number of non-ortho nitro benzene ring substituents is 1. The number of nitro groups is 1. The number of rotatable bonds is 4. The van der Waals surface area contributed by atoms with Crippen molar-refractivity contribution < 1.29 is 14.8 Å². The number of phenols is 1. The number of fused-ring (bicyclic) bond motifs is 1. The Hall–Kier alpha value is -2.44. The Labute approximate surface area is 127 Å². The number of hydrogen-bond acceptors (Lipinski definition) is 5. The molecule has 1 amide bonds. The predicted molar refractivity (Wildman–Crippen MR) is 79.4 cm³/mol. The average Bonchev–Trinajstić information content (AvgIpc) is 3.23. The summed E-state index contributed by atoms with van der Waals surface area (Å²) in [5.41, 5.74) is 2.53. The van der Waals surface area contributed by atoms with E-state index in [4.69, 9.17) is 0 Å². The van der Waals surface area contributed by atoms with Gasteiger partial charge in [0, 0.05) is 23.6 Å². The van der Waals surface area contributed by atoms with E-state index in [1.807, 2.05) is 0 Å². The van der Waals surface area contributed by atoms with Gasteiger partial charge in [0.05, 0.1) is 11.1 Å². The number of benzene rings is 1. The van der Waals surface area contributed by atoms with E-state index in [2.05, 4.69) is 10.5 Å². The maximum absolute atomic E-state index is 12.0. The van der Waals surface area contributed by atoms with Gasteiger partial charge in [0.1, 0.15) is 5.75 Å². The standard InChI is InChI=1S/C15H17N3O4/c19-13-6-5-10(18(21)22)7-9(13)8-16-17-15(20)14-11-3-1-2-4-12(11)14/h5-8,11-12,14,19H,1-4H2,(H,17,20)/t11-,12+,14?. The van der Waals surface area contributed by atoms with Gasteiger partial charge in [-0.25, -0.2) is 5.43 Å². The lowest BCUT2D eigenvalue weighted by atomic mass is 10.0. The third kappa shape index (κ3) is 2.79. The van der Waals surface area contributed by atoms with Crippen LogP contribution in [0.15, 0.2) is 23.3 Å². The first-order chi connectivity index (χ1) is 10.6. The highest BCUT2D eigenvalue weighted by Gasteiger charge is 2.54. The van der Waals surface area contributed by atoms with Crippen LogP contribution in [0.25, 0.3) is 0 Å². The lowest BCUT2D eigenvalue weighted by Crippen LogP contribution is -2.20. The molecule has 2 N–H and O–H groups in total. The van der Waals surface area contributed by atoms with E-state index in [-0.39, 0.29) is 28.8 Å². The molecule has 2 fully saturated rings. The molecule has 22 heavy (non-hydrogen) atoms. The van der Waals surface area contributed by atoms with Crippen molar-refractivity contribution in [3.05, 3.63) is 33.9 Å². The predicted octanol–water partition coefficient (Wildman–Crippen LogP) is 2.19. The Kier molecular flexibility index (Phi) is 3.79. The van der Waals surface area contributed by atoms with Crippen LogP contribution in [-0.4, -0.2) is 22.2 Å². The monoisotopic (exact) mass is 303 g/mol. The number of amides is 1. The van der Waals surface area contributed by atoms with Crippen molar-refractivity contribution in [1.82, 2.24) is 5.43 Å². The van der Waals surface area contributed by atoms with Gasteiger partial charge in [-0.15, -0.1) is 0 Å². The number of nitro benzene ring substituents is 1. The van der Waals surface area contributed by atoms with Crippen LogP contribution >= 0.6 is 0 Å². The van der Waals surface area contributed by atoms with Crippen LogP contribution in [0.5, 0.6) is 5.75 Å². The van der Waals surface area contributed by atoms with E-state index in [1.165, 1.54) is 37.3 Å². The molecule has 7 heteroatoms. The number of hydrogen-bond donors (Lipinski definition) is 2. The summed E-state index contributed by atoms with van der Waals surface area (Å²) in [4.78, 5) is 22.2. The molecule has 0 heterocycles. The van der Waals surface area contributed by atoms with Crippen LogP contribution in [0.4, 0.5) is 5.69 Å². The Morgan fingerprint density at radius 1 is 1.36 bits per heavy atom. The zero-order valence-corrected chi connectivity index (χ0v) is 11.9. The minimum Gasteiger partial charge on any atom is -0.507 e. The molecule has 0 bridgehead atoms. The molecule has 0 saturated heterocycles. The normalized spacial score (nSPS) is 26.5. The molecular weight excluding hydrogens is 286 g/mol. The maximum Gasteiger partial charge on any atom is 0.270 e. The Morgan fingerprint density at radius 2 is 2.05 bits per heavy atom. The fraction of sp³-hybridized carbons (Fsp3) is 0.467. The van der Waals surface area contributed by atoms with Gasteiger partial charge in [-0.3, -0.25) is 14.9 Å². The fourth-order valence-electron chi connectivity index (χ4n) is 3.38. The number of aromatic hydroxyl groups is 1. The van der Waals surface area contributed by atoms with Crippen LogP contribution in [0.3, 0.4) is 0 Å². The van der Waals surface area contributed by atoms with Gasteiger partial charge in [0.25, 0.3) is 5.69 Å². The summed E-state index contributed by atoms with van der Waals surface area (Å²) in [6.45, 7) is 0. The molecule has 1 aromatic rings. The third-order valence-corrected chi connectivity index (χ3v) is 4.56. The van der Waals surface area contributed by atoms with Crippen molar-refractivity contribution in [2.24, 2.45) is 22.9 Å².